The van der Waals surface area contributed by atoms with Gasteiger partial charge in [-0.1, -0.05) is 0 Å². The first-order valence-corrected chi connectivity index (χ1v) is 3.37. The second-order valence-electron chi connectivity index (χ2n) is 2.14. The third-order valence-corrected chi connectivity index (χ3v) is 0.986. The second kappa shape index (κ2) is 11.2. The molecule has 0 amide bonds. The smallest absolute Gasteiger partial charge is 0.565 e. The third kappa shape index (κ3) is 24.6. The van der Waals surface area contributed by atoms with Crippen LogP contribution in [0.15, 0.2) is 0 Å². The molecule has 0 saturated carbocycles. The Bertz CT molecular complexity index is 216. The van der Waals surface area contributed by atoms with E-state index in [0.29, 0.717) is 0 Å². The van der Waals surface area contributed by atoms with Gasteiger partial charge in [0, 0.05) is 6.42 Å². The summed E-state index contributed by atoms with van der Waals surface area (Å²) in [7, 11) is 0. The summed E-state index contributed by atoms with van der Waals surface area (Å²) in [4.78, 5) is 28.3. The first kappa shape index (κ1) is 19.7. The quantitative estimate of drug-likeness (QED) is 0.350. The topological polar surface area (TPSA) is 161 Å². The summed E-state index contributed by atoms with van der Waals surface area (Å²) in [6, 6.07) is -1.06. The molecule has 0 aliphatic carbocycles. The molecule has 0 aromatic carbocycles. The largest absolute Gasteiger partial charge is 1.00 e. The molecule has 5 N–H and O–H groups in total. The van der Waals surface area contributed by atoms with Crippen molar-refractivity contribution in [1.82, 2.24) is 0 Å². The molecule has 1 atom stereocenters. The van der Waals surface area contributed by atoms with Crippen molar-refractivity contribution in [3.05, 3.63) is 0 Å². The number of hydrogen-bond donors (Lipinski definition) is 4. The number of carboxylic acid groups (broad SMARTS) is 4. The molecule has 0 bridgehead atoms. The average molecular weight is 231 g/mol. The van der Waals surface area contributed by atoms with Crippen LogP contribution in [0.4, 0.5) is 4.79 Å². The fourth-order valence-electron chi connectivity index (χ4n) is 0.402. The van der Waals surface area contributed by atoms with Crippen molar-refractivity contribution in [2.24, 2.45) is 5.73 Å². The molecule has 0 rings (SSSR count). The van der Waals surface area contributed by atoms with Crippen molar-refractivity contribution in [2.75, 3.05) is 0 Å². The molecule has 9 heteroatoms. The van der Waals surface area contributed by atoms with Crippen LogP contribution in [0.2, 0.25) is 0 Å². The Labute approximate surface area is 107 Å². The van der Waals surface area contributed by atoms with Crippen molar-refractivity contribution in [3.63, 3.8) is 0 Å². The van der Waals surface area contributed by atoms with E-state index in [-0.39, 0.29) is 42.4 Å². The van der Waals surface area contributed by atoms with Crippen LogP contribution in [-0.4, -0.2) is 39.5 Å². The minimum absolute atomic E-state index is 0. The predicted molar refractivity (Wildman–Crippen MR) is 40.5 cm³/mol. The SMILES string of the molecule is NC(CCC(=O)O)C(=O)O.O=C([O-])O.[Na+]. The molecule has 8 nitrogen and oxygen atoms in total. The van der Waals surface area contributed by atoms with Gasteiger partial charge in [-0.15, -0.1) is 0 Å². The van der Waals surface area contributed by atoms with E-state index in [1.165, 1.54) is 0 Å². The molecule has 0 aromatic rings. The van der Waals surface area contributed by atoms with Crippen molar-refractivity contribution in [2.45, 2.75) is 18.9 Å². The van der Waals surface area contributed by atoms with Crippen molar-refractivity contribution in [3.8, 4) is 0 Å². The molecule has 0 aliphatic rings. The summed E-state index contributed by atoms with van der Waals surface area (Å²) < 4.78 is 0. The monoisotopic (exact) mass is 231 g/mol. The van der Waals surface area contributed by atoms with Gasteiger partial charge in [0.25, 0.3) is 0 Å². The predicted octanol–water partition coefficient (Wildman–Crippen LogP) is -4.85. The van der Waals surface area contributed by atoms with Gasteiger partial charge in [-0.2, -0.15) is 0 Å². The molecule has 0 spiro atoms. The van der Waals surface area contributed by atoms with Gasteiger partial charge in [-0.25, -0.2) is 0 Å². The molecule has 1 unspecified atom stereocenters. The Balaban J connectivity index is -0.000000249. The Morgan fingerprint density at radius 3 is 1.73 bits per heavy atom. The van der Waals surface area contributed by atoms with E-state index in [1.807, 2.05) is 0 Å². The van der Waals surface area contributed by atoms with Gasteiger partial charge in [0.15, 0.2) is 0 Å². The number of nitrogens with two attached hydrogens (primary N) is 1. The van der Waals surface area contributed by atoms with Crippen molar-refractivity contribution >= 4 is 18.1 Å². The van der Waals surface area contributed by atoms with E-state index in [1.54, 1.807) is 0 Å². The summed E-state index contributed by atoms with van der Waals surface area (Å²) in [5, 5.41) is 31.6. The first-order chi connectivity index (χ1) is 6.27. The maximum absolute atomic E-state index is 9.99. The summed E-state index contributed by atoms with van der Waals surface area (Å²) in [6.07, 6.45) is -2.31. The molecule has 0 saturated heterocycles. The normalized spacial score (nSPS) is 9.93. The fraction of sp³-hybridized carbons (Fsp3) is 0.500. The van der Waals surface area contributed by atoms with E-state index >= 15 is 0 Å². The van der Waals surface area contributed by atoms with Crippen molar-refractivity contribution in [1.29, 1.82) is 0 Å². The molecule has 82 valence electrons. The fourth-order valence-corrected chi connectivity index (χ4v) is 0.402. The summed E-state index contributed by atoms with van der Waals surface area (Å²) in [5.41, 5.74) is 5.00. The van der Waals surface area contributed by atoms with E-state index < -0.39 is 24.1 Å². The Morgan fingerprint density at radius 1 is 1.20 bits per heavy atom. The van der Waals surface area contributed by atoms with Crippen LogP contribution in [0, 0.1) is 0 Å². The molecule has 0 fully saturated rings. The van der Waals surface area contributed by atoms with E-state index in [9.17, 15) is 9.59 Å². The third-order valence-electron chi connectivity index (χ3n) is 0.986. The zero-order valence-electron chi connectivity index (χ0n) is 8.04. The molecule has 15 heavy (non-hydrogen) atoms. The van der Waals surface area contributed by atoms with Gasteiger partial charge in [0.05, 0.1) is 0 Å². The van der Waals surface area contributed by atoms with Gasteiger partial charge in [-0.05, 0) is 6.42 Å². The van der Waals surface area contributed by atoms with Gasteiger partial charge in [0.1, 0.15) is 6.04 Å². The first-order valence-electron chi connectivity index (χ1n) is 3.37. The van der Waals surface area contributed by atoms with Crippen molar-refractivity contribution < 1.29 is 64.4 Å². The summed E-state index contributed by atoms with van der Waals surface area (Å²) >= 11 is 0. The molecule has 0 aromatic heterocycles. The summed E-state index contributed by atoms with van der Waals surface area (Å²) in [6.45, 7) is 0. The number of rotatable bonds is 4. The molecular weight excluding hydrogens is 221 g/mol. The summed E-state index contributed by atoms with van der Waals surface area (Å²) in [5.74, 6) is -2.20. The van der Waals surface area contributed by atoms with E-state index in [0.717, 1.165) is 0 Å². The maximum atomic E-state index is 9.99. The van der Waals surface area contributed by atoms with Crippen LogP contribution < -0.4 is 40.4 Å². The number of carboxylic acids is 2. The maximum Gasteiger partial charge on any atom is 1.00 e. The number of carbonyl (C=O) groups is 3. The number of aliphatic carboxylic acids is 2. The molecule has 0 aliphatic heterocycles. The van der Waals surface area contributed by atoms with Crippen LogP contribution in [0.25, 0.3) is 0 Å². The van der Waals surface area contributed by atoms with Crippen LogP contribution in [0.3, 0.4) is 0 Å². The average Bonchev–Trinajstić information content (AvgIpc) is 1.98. The Morgan fingerprint density at radius 2 is 1.53 bits per heavy atom. The Kier molecular flexibility index (Phi) is 14.8. The van der Waals surface area contributed by atoms with Gasteiger partial charge in [0.2, 0.25) is 6.16 Å². The minimum atomic E-state index is -2.08. The second-order valence-corrected chi connectivity index (χ2v) is 2.14. The Hall–Kier alpha value is -0.830. The standard InChI is InChI=1S/C5H9NO4.CH2O3.Na/c6-3(5(9)10)1-2-4(7)8;2-1(3)4;/h3H,1-2,6H2,(H,7,8)(H,9,10);(H2,2,3,4);/q;;+1/p-1. The van der Waals surface area contributed by atoms with Gasteiger partial charge in [-0.3, -0.25) is 9.59 Å². The van der Waals surface area contributed by atoms with E-state index in [2.05, 4.69) is 0 Å². The zero-order valence-corrected chi connectivity index (χ0v) is 10.0. The van der Waals surface area contributed by atoms with Crippen LogP contribution in [-0.2, 0) is 9.59 Å². The molecule has 0 heterocycles. The van der Waals surface area contributed by atoms with Gasteiger partial charge >= 0.3 is 41.5 Å². The van der Waals surface area contributed by atoms with Crippen LogP contribution in [0.1, 0.15) is 12.8 Å². The van der Waals surface area contributed by atoms with Crippen LogP contribution >= 0.6 is 0 Å². The molecular formula is C6H10NNaO7. The van der Waals surface area contributed by atoms with E-state index in [4.69, 9.17) is 31.0 Å². The minimum Gasteiger partial charge on any atom is -0.565 e. The van der Waals surface area contributed by atoms with Crippen LogP contribution in [0.5, 0.6) is 0 Å². The zero-order chi connectivity index (χ0) is 11.7. The molecule has 0 radical (unpaired) electrons. The number of hydrogen-bond acceptors (Lipinski definition) is 5. The van der Waals surface area contributed by atoms with Gasteiger partial charge < -0.3 is 31.0 Å².